The Morgan fingerprint density at radius 1 is 1.42 bits per heavy atom. The Balaban J connectivity index is 0.00000180. The third-order valence-corrected chi connectivity index (χ3v) is 3.65. The minimum absolute atomic E-state index is 0. The minimum atomic E-state index is 0. The van der Waals surface area contributed by atoms with Crippen LogP contribution in [0.3, 0.4) is 0 Å². The van der Waals surface area contributed by atoms with Crippen molar-refractivity contribution in [1.82, 2.24) is 10.6 Å². The van der Waals surface area contributed by atoms with Gasteiger partial charge in [-0.05, 0) is 50.6 Å². The van der Waals surface area contributed by atoms with Gasteiger partial charge in [0.05, 0.1) is 6.04 Å². The molecule has 1 aromatic rings. The Morgan fingerprint density at radius 3 is 2.74 bits per heavy atom. The fourth-order valence-electron chi connectivity index (χ4n) is 2.27. The fraction of sp³-hybridized carbons (Fsp3) is 0.500. The average molecular weight is 303 g/mol. The lowest BCUT2D eigenvalue weighted by Crippen LogP contribution is -2.39. The van der Waals surface area contributed by atoms with E-state index in [1.165, 1.54) is 0 Å². The maximum absolute atomic E-state index is 12.1. The molecule has 1 aliphatic rings. The largest absolute Gasteiger partial charge is 0.349 e. The molecule has 1 aliphatic heterocycles. The van der Waals surface area contributed by atoms with Crippen molar-refractivity contribution in [3.8, 4) is 0 Å². The lowest BCUT2D eigenvalue weighted by atomic mass is 9.96. The Bertz CT molecular complexity index is 420. The van der Waals surface area contributed by atoms with Gasteiger partial charge < -0.3 is 10.6 Å². The molecule has 19 heavy (non-hydrogen) atoms. The molecule has 3 nitrogen and oxygen atoms in total. The van der Waals surface area contributed by atoms with E-state index in [0.29, 0.717) is 5.02 Å². The van der Waals surface area contributed by atoms with Gasteiger partial charge in [0.2, 0.25) is 5.91 Å². The molecule has 1 amide bonds. The molecule has 2 rings (SSSR count). The van der Waals surface area contributed by atoms with Crippen molar-refractivity contribution in [2.24, 2.45) is 5.92 Å². The Hall–Kier alpha value is -0.770. The van der Waals surface area contributed by atoms with E-state index >= 15 is 0 Å². The minimum Gasteiger partial charge on any atom is -0.349 e. The van der Waals surface area contributed by atoms with Crippen molar-refractivity contribution in [3.05, 3.63) is 34.9 Å². The molecule has 1 atom stereocenters. The van der Waals surface area contributed by atoms with Crippen LogP contribution in [0.5, 0.6) is 0 Å². The number of nitrogens with one attached hydrogen (secondary N) is 2. The summed E-state index contributed by atoms with van der Waals surface area (Å²) in [6.07, 6.45) is 1.85. The second kappa shape index (κ2) is 7.73. The lowest BCUT2D eigenvalue weighted by Gasteiger charge is -2.24. The number of hydrogen-bond donors (Lipinski definition) is 2. The van der Waals surface area contributed by atoms with Crippen LogP contribution in [0.25, 0.3) is 0 Å². The van der Waals surface area contributed by atoms with Crippen LogP contribution in [0.4, 0.5) is 0 Å². The molecule has 1 fully saturated rings. The second-order valence-electron chi connectivity index (χ2n) is 4.81. The molecule has 0 spiro atoms. The van der Waals surface area contributed by atoms with Crippen LogP contribution in [0.15, 0.2) is 24.3 Å². The van der Waals surface area contributed by atoms with Crippen molar-refractivity contribution in [2.45, 2.75) is 25.8 Å². The van der Waals surface area contributed by atoms with E-state index in [1.54, 1.807) is 0 Å². The smallest absolute Gasteiger partial charge is 0.223 e. The van der Waals surface area contributed by atoms with Gasteiger partial charge in [-0.3, -0.25) is 4.79 Å². The summed E-state index contributed by atoms with van der Waals surface area (Å²) < 4.78 is 0. The van der Waals surface area contributed by atoms with Crippen molar-refractivity contribution in [1.29, 1.82) is 0 Å². The number of carbonyl (C=O) groups is 1. The molecular weight excluding hydrogens is 283 g/mol. The van der Waals surface area contributed by atoms with Crippen LogP contribution in [-0.2, 0) is 4.79 Å². The molecule has 1 unspecified atom stereocenters. The molecule has 0 radical (unpaired) electrons. The summed E-state index contributed by atoms with van der Waals surface area (Å²) in [6, 6.07) is 7.64. The highest BCUT2D eigenvalue weighted by atomic mass is 35.5. The molecule has 5 heteroatoms. The third-order valence-electron chi connectivity index (χ3n) is 3.42. The number of piperidine rings is 1. The predicted octanol–water partition coefficient (Wildman–Crippen LogP) is 2.94. The topological polar surface area (TPSA) is 41.1 Å². The summed E-state index contributed by atoms with van der Waals surface area (Å²) in [7, 11) is 0. The molecule has 1 heterocycles. The summed E-state index contributed by atoms with van der Waals surface area (Å²) >= 11 is 5.95. The summed E-state index contributed by atoms with van der Waals surface area (Å²) in [6.45, 7) is 3.86. The van der Waals surface area contributed by atoms with E-state index in [1.807, 2.05) is 31.2 Å². The highest BCUT2D eigenvalue weighted by Gasteiger charge is 2.22. The van der Waals surface area contributed by atoms with E-state index in [9.17, 15) is 4.79 Å². The number of carbonyl (C=O) groups excluding carboxylic acids is 1. The summed E-state index contributed by atoms with van der Waals surface area (Å²) in [5.41, 5.74) is 1.05. The molecule has 0 aromatic heterocycles. The number of amides is 1. The SMILES string of the molecule is CC(NC(=O)C1CCNCC1)c1cccc(Cl)c1.Cl. The van der Waals surface area contributed by atoms with E-state index in [2.05, 4.69) is 10.6 Å². The Labute approximate surface area is 125 Å². The lowest BCUT2D eigenvalue weighted by molar-refractivity contribution is -0.126. The van der Waals surface area contributed by atoms with Gasteiger partial charge in [-0.25, -0.2) is 0 Å². The van der Waals surface area contributed by atoms with Crippen LogP contribution in [0.1, 0.15) is 31.4 Å². The molecule has 2 N–H and O–H groups in total. The Kier molecular flexibility index (Phi) is 6.63. The van der Waals surface area contributed by atoms with Crippen LogP contribution < -0.4 is 10.6 Å². The van der Waals surface area contributed by atoms with Crippen LogP contribution in [-0.4, -0.2) is 19.0 Å². The number of halogens is 2. The highest BCUT2D eigenvalue weighted by molar-refractivity contribution is 6.30. The second-order valence-corrected chi connectivity index (χ2v) is 5.25. The maximum Gasteiger partial charge on any atom is 0.223 e. The van der Waals surface area contributed by atoms with E-state index in [0.717, 1.165) is 31.5 Å². The molecule has 106 valence electrons. The van der Waals surface area contributed by atoms with Gasteiger partial charge in [-0.1, -0.05) is 23.7 Å². The van der Waals surface area contributed by atoms with Crippen molar-refractivity contribution in [3.63, 3.8) is 0 Å². The average Bonchev–Trinajstić information content (AvgIpc) is 2.39. The van der Waals surface area contributed by atoms with Crippen molar-refractivity contribution in [2.75, 3.05) is 13.1 Å². The van der Waals surface area contributed by atoms with Gasteiger partial charge in [-0.2, -0.15) is 0 Å². The molecule has 0 saturated carbocycles. The molecule has 0 aliphatic carbocycles. The quantitative estimate of drug-likeness (QED) is 0.901. The maximum atomic E-state index is 12.1. The first-order valence-electron chi connectivity index (χ1n) is 6.43. The molecule has 1 aromatic carbocycles. The zero-order valence-corrected chi connectivity index (χ0v) is 12.6. The number of hydrogen-bond acceptors (Lipinski definition) is 2. The standard InChI is InChI=1S/C14H19ClN2O.ClH/c1-10(12-3-2-4-13(15)9-12)17-14(18)11-5-7-16-8-6-11;/h2-4,9-11,16H,5-8H2,1H3,(H,17,18);1H. The number of benzene rings is 1. The van der Waals surface area contributed by atoms with E-state index < -0.39 is 0 Å². The fourth-order valence-corrected chi connectivity index (χ4v) is 2.47. The van der Waals surface area contributed by atoms with Crippen LogP contribution in [0, 0.1) is 5.92 Å². The van der Waals surface area contributed by atoms with Gasteiger partial charge in [0.15, 0.2) is 0 Å². The molecule has 1 saturated heterocycles. The zero-order chi connectivity index (χ0) is 13.0. The van der Waals surface area contributed by atoms with Gasteiger partial charge in [0.1, 0.15) is 0 Å². The first-order valence-corrected chi connectivity index (χ1v) is 6.81. The predicted molar refractivity (Wildman–Crippen MR) is 80.9 cm³/mol. The molecule has 0 bridgehead atoms. The van der Waals surface area contributed by atoms with Crippen molar-refractivity contribution >= 4 is 29.9 Å². The Morgan fingerprint density at radius 2 is 2.11 bits per heavy atom. The monoisotopic (exact) mass is 302 g/mol. The highest BCUT2D eigenvalue weighted by Crippen LogP contribution is 2.19. The van der Waals surface area contributed by atoms with Crippen molar-refractivity contribution < 1.29 is 4.79 Å². The van der Waals surface area contributed by atoms with E-state index in [4.69, 9.17) is 11.6 Å². The van der Waals surface area contributed by atoms with Gasteiger partial charge in [0.25, 0.3) is 0 Å². The summed E-state index contributed by atoms with van der Waals surface area (Å²) in [4.78, 5) is 12.1. The first-order chi connectivity index (χ1) is 8.66. The van der Waals surface area contributed by atoms with Gasteiger partial charge in [0, 0.05) is 10.9 Å². The van der Waals surface area contributed by atoms with Crippen LogP contribution in [0.2, 0.25) is 5.02 Å². The first kappa shape index (κ1) is 16.3. The third kappa shape index (κ3) is 4.68. The van der Waals surface area contributed by atoms with Gasteiger partial charge >= 0.3 is 0 Å². The van der Waals surface area contributed by atoms with Gasteiger partial charge in [-0.15, -0.1) is 12.4 Å². The zero-order valence-electron chi connectivity index (χ0n) is 11.0. The van der Waals surface area contributed by atoms with Crippen LogP contribution >= 0.6 is 24.0 Å². The molecular formula is C14H20Cl2N2O. The summed E-state index contributed by atoms with van der Waals surface area (Å²) in [5.74, 6) is 0.303. The number of rotatable bonds is 3. The summed E-state index contributed by atoms with van der Waals surface area (Å²) in [5, 5.41) is 7.04. The van der Waals surface area contributed by atoms with E-state index in [-0.39, 0.29) is 30.3 Å². The normalized spacial score (nSPS) is 17.4.